The van der Waals surface area contributed by atoms with Gasteiger partial charge in [0.05, 0.1) is 12.3 Å². The zero-order chi connectivity index (χ0) is 14.2. The van der Waals surface area contributed by atoms with Crippen LogP contribution in [-0.2, 0) is 11.2 Å². The number of rotatable bonds is 3. The van der Waals surface area contributed by atoms with Crippen molar-refractivity contribution in [3.8, 4) is 0 Å². The minimum Gasteiger partial charge on any atom is -0.462 e. The van der Waals surface area contributed by atoms with Crippen molar-refractivity contribution in [1.82, 2.24) is 9.38 Å². The van der Waals surface area contributed by atoms with Crippen LogP contribution >= 0.6 is 11.3 Å². The minimum atomic E-state index is -0.398. The molecule has 5 nitrogen and oxygen atoms in total. The largest absolute Gasteiger partial charge is 0.462 e. The van der Waals surface area contributed by atoms with E-state index in [-0.39, 0.29) is 5.56 Å². The van der Waals surface area contributed by atoms with Gasteiger partial charge in [-0.3, -0.25) is 9.20 Å². The Bertz CT molecular complexity index is 700. The monoisotopic (exact) mass is 280 g/mol. The summed E-state index contributed by atoms with van der Waals surface area (Å²) in [6.45, 7) is 7.55. The Morgan fingerprint density at radius 1 is 1.37 bits per heavy atom. The van der Waals surface area contributed by atoms with Crippen molar-refractivity contribution in [2.45, 2.75) is 34.1 Å². The summed E-state index contributed by atoms with van der Waals surface area (Å²) in [7, 11) is 0. The number of carbonyl (C=O) groups is 1. The number of esters is 1. The molecule has 6 heteroatoms. The van der Waals surface area contributed by atoms with Crippen LogP contribution in [0.25, 0.3) is 4.96 Å². The van der Waals surface area contributed by atoms with Crippen LogP contribution in [-0.4, -0.2) is 22.0 Å². The average molecular weight is 280 g/mol. The van der Waals surface area contributed by atoms with Crippen molar-refractivity contribution in [1.29, 1.82) is 0 Å². The van der Waals surface area contributed by atoms with Crippen molar-refractivity contribution in [2.75, 3.05) is 6.61 Å². The van der Waals surface area contributed by atoms with E-state index in [4.69, 9.17) is 4.74 Å². The second kappa shape index (κ2) is 5.13. The van der Waals surface area contributed by atoms with Gasteiger partial charge in [-0.15, -0.1) is 0 Å². The van der Waals surface area contributed by atoms with Gasteiger partial charge in [-0.2, -0.15) is 0 Å². The first-order valence-electron chi connectivity index (χ1n) is 6.20. The van der Waals surface area contributed by atoms with Crippen LogP contribution in [0, 0.1) is 13.8 Å². The maximum Gasteiger partial charge on any atom is 0.350 e. The molecule has 2 aromatic rings. The number of fused-ring (bicyclic) bond motifs is 1. The third-order valence-corrected chi connectivity index (χ3v) is 4.15. The molecule has 0 fully saturated rings. The van der Waals surface area contributed by atoms with E-state index < -0.39 is 5.97 Å². The lowest BCUT2D eigenvalue weighted by atomic mass is 10.2. The smallest absolute Gasteiger partial charge is 0.350 e. The zero-order valence-electron chi connectivity index (χ0n) is 11.4. The predicted molar refractivity (Wildman–Crippen MR) is 74.1 cm³/mol. The van der Waals surface area contributed by atoms with Gasteiger partial charge in [0.25, 0.3) is 5.56 Å². The molecule has 0 saturated heterocycles. The number of hydrogen-bond acceptors (Lipinski definition) is 5. The second-order valence-corrected chi connectivity index (χ2v) is 5.17. The highest BCUT2D eigenvalue weighted by atomic mass is 32.1. The number of thiazole rings is 1. The topological polar surface area (TPSA) is 60.7 Å². The zero-order valence-corrected chi connectivity index (χ0v) is 12.3. The Morgan fingerprint density at radius 2 is 2.05 bits per heavy atom. The molecule has 0 unspecified atom stereocenters. The van der Waals surface area contributed by atoms with Crippen LogP contribution in [0.5, 0.6) is 0 Å². The number of ether oxygens (including phenoxy) is 1. The summed E-state index contributed by atoms with van der Waals surface area (Å²) in [6, 6.07) is 0. The van der Waals surface area contributed by atoms with E-state index in [0.29, 0.717) is 34.1 Å². The molecule has 0 spiro atoms. The van der Waals surface area contributed by atoms with Crippen LogP contribution in [0.4, 0.5) is 0 Å². The van der Waals surface area contributed by atoms with Crippen molar-refractivity contribution >= 4 is 22.3 Å². The van der Waals surface area contributed by atoms with Gasteiger partial charge in [0.1, 0.15) is 4.88 Å². The summed E-state index contributed by atoms with van der Waals surface area (Å²) in [6.07, 6.45) is 0.630. The summed E-state index contributed by atoms with van der Waals surface area (Å²) < 4.78 is 6.50. The van der Waals surface area contributed by atoms with Gasteiger partial charge in [0.2, 0.25) is 0 Å². The molecular formula is C13H16N2O3S. The van der Waals surface area contributed by atoms with E-state index in [9.17, 15) is 9.59 Å². The number of nitrogens with zero attached hydrogens (tertiary/aromatic N) is 2. The maximum absolute atomic E-state index is 12.4. The van der Waals surface area contributed by atoms with Crippen LogP contribution in [0.2, 0.25) is 0 Å². The molecule has 0 bridgehead atoms. The molecule has 0 radical (unpaired) electrons. The number of carbonyl (C=O) groups excluding carboxylic acids is 1. The first-order valence-corrected chi connectivity index (χ1v) is 7.01. The van der Waals surface area contributed by atoms with E-state index in [2.05, 4.69) is 4.98 Å². The van der Waals surface area contributed by atoms with Gasteiger partial charge in [-0.05, 0) is 27.2 Å². The first-order chi connectivity index (χ1) is 9.01. The molecule has 0 aromatic carbocycles. The summed E-state index contributed by atoms with van der Waals surface area (Å²) in [4.78, 5) is 29.6. The highest BCUT2D eigenvalue weighted by molar-refractivity contribution is 7.19. The van der Waals surface area contributed by atoms with Crippen molar-refractivity contribution in [3.63, 3.8) is 0 Å². The number of aryl methyl sites for hydroxylation is 2. The molecule has 0 aliphatic rings. The second-order valence-electron chi connectivity index (χ2n) is 4.19. The lowest BCUT2D eigenvalue weighted by Gasteiger charge is -2.03. The van der Waals surface area contributed by atoms with Gasteiger partial charge < -0.3 is 4.74 Å². The van der Waals surface area contributed by atoms with Crippen molar-refractivity contribution < 1.29 is 9.53 Å². The Hall–Kier alpha value is -1.69. The molecule has 102 valence electrons. The van der Waals surface area contributed by atoms with E-state index in [1.165, 1.54) is 15.7 Å². The minimum absolute atomic E-state index is 0.0886. The van der Waals surface area contributed by atoms with Crippen LogP contribution < -0.4 is 5.56 Å². The van der Waals surface area contributed by atoms with Crippen molar-refractivity contribution in [3.05, 3.63) is 32.2 Å². The Labute approximate surface area is 114 Å². The van der Waals surface area contributed by atoms with E-state index >= 15 is 0 Å². The normalized spacial score (nSPS) is 10.9. The van der Waals surface area contributed by atoms with Gasteiger partial charge in [-0.25, -0.2) is 9.78 Å². The molecule has 0 amide bonds. The highest BCUT2D eigenvalue weighted by Crippen LogP contribution is 2.22. The fourth-order valence-corrected chi connectivity index (χ4v) is 3.12. The molecular weight excluding hydrogens is 264 g/mol. The summed E-state index contributed by atoms with van der Waals surface area (Å²) in [5.74, 6) is -0.398. The maximum atomic E-state index is 12.4. The molecule has 0 aliphatic carbocycles. The average Bonchev–Trinajstić information content (AvgIpc) is 2.67. The van der Waals surface area contributed by atoms with Crippen LogP contribution in [0.3, 0.4) is 0 Å². The van der Waals surface area contributed by atoms with Crippen molar-refractivity contribution in [2.24, 2.45) is 0 Å². The predicted octanol–water partition coefficient (Wildman–Crippen LogP) is 2.11. The molecule has 0 N–H and O–H groups in total. The third-order valence-electron chi connectivity index (χ3n) is 3.02. The quantitative estimate of drug-likeness (QED) is 0.808. The summed E-state index contributed by atoms with van der Waals surface area (Å²) in [5.41, 5.74) is 1.93. The molecule has 2 heterocycles. The van der Waals surface area contributed by atoms with E-state index in [0.717, 1.165) is 5.69 Å². The number of hydrogen-bond donors (Lipinski definition) is 0. The Kier molecular flexibility index (Phi) is 3.71. The van der Waals surface area contributed by atoms with Crippen LogP contribution in [0.15, 0.2) is 4.79 Å². The van der Waals surface area contributed by atoms with Gasteiger partial charge in [0, 0.05) is 11.3 Å². The summed E-state index contributed by atoms with van der Waals surface area (Å²) >= 11 is 1.20. The molecule has 2 rings (SSSR count). The summed E-state index contributed by atoms with van der Waals surface area (Å²) in [5, 5.41) is 0. The molecule has 0 saturated carbocycles. The third kappa shape index (κ3) is 2.16. The lowest BCUT2D eigenvalue weighted by Crippen LogP contribution is -2.21. The molecule has 0 atom stereocenters. The van der Waals surface area contributed by atoms with E-state index in [1.807, 2.05) is 13.8 Å². The molecule has 0 aliphatic heterocycles. The van der Waals surface area contributed by atoms with Gasteiger partial charge >= 0.3 is 5.97 Å². The Balaban J connectivity index is 2.74. The Morgan fingerprint density at radius 3 is 2.63 bits per heavy atom. The standard InChI is InChI=1S/C13H16N2O3S/c1-5-9-7(3)14-13-15(11(9)16)8(4)10(19-13)12(17)18-6-2/h5-6H2,1-4H3. The molecule has 2 aromatic heterocycles. The number of aromatic nitrogens is 2. The fourth-order valence-electron chi connectivity index (χ4n) is 2.06. The lowest BCUT2D eigenvalue weighted by molar-refractivity contribution is 0.0531. The van der Waals surface area contributed by atoms with E-state index in [1.54, 1.807) is 13.8 Å². The molecule has 19 heavy (non-hydrogen) atoms. The SMILES string of the molecule is CCOC(=O)c1sc2nc(C)c(CC)c(=O)n2c1C. The first kappa shape index (κ1) is 13.7. The van der Waals surface area contributed by atoms with Gasteiger partial charge in [-0.1, -0.05) is 18.3 Å². The van der Waals surface area contributed by atoms with Crippen LogP contribution in [0.1, 0.15) is 40.5 Å². The highest BCUT2D eigenvalue weighted by Gasteiger charge is 2.20. The fraction of sp³-hybridized carbons (Fsp3) is 0.462. The van der Waals surface area contributed by atoms with Gasteiger partial charge in [0.15, 0.2) is 4.96 Å².